The van der Waals surface area contributed by atoms with E-state index in [1.807, 2.05) is 0 Å². The molecule has 0 saturated carbocycles. The van der Waals surface area contributed by atoms with E-state index in [1.54, 1.807) is 0 Å². The molecule has 5 N–H and O–H groups in total. The predicted octanol–water partition coefficient (Wildman–Crippen LogP) is -1.27. The van der Waals surface area contributed by atoms with Gasteiger partial charge in [0.05, 0.1) is 6.61 Å². The van der Waals surface area contributed by atoms with Crippen molar-refractivity contribution in [3.05, 3.63) is 0 Å². The maximum absolute atomic E-state index is 10.4. The van der Waals surface area contributed by atoms with Crippen molar-refractivity contribution in [1.29, 1.82) is 0 Å². The normalized spacial score (nSPS) is 60.4. The Morgan fingerprint density at radius 1 is 0.765 bits per heavy atom. The molecule has 1 heterocycles. The van der Waals surface area contributed by atoms with Gasteiger partial charge in [0.25, 0.3) is 0 Å². The first-order valence-electron chi connectivity index (χ1n) is 5.47. The topological polar surface area (TPSA) is 110 Å². The van der Waals surface area contributed by atoms with Crippen molar-refractivity contribution in [2.75, 3.05) is 6.61 Å². The van der Waals surface area contributed by atoms with Gasteiger partial charge >= 0.3 is 0 Å². The van der Waals surface area contributed by atoms with Gasteiger partial charge in [-0.15, -0.1) is 0 Å². The van der Waals surface area contributed by atoms with Crippen LogP contribution in [0.3, 0.4) is 0 Å². The van der Waals surface area contributed by atoms with Crippen LogP contribution < -0.4 is 0 Å². The zero-order valence-corrected chi connectivity index (χ0v) is 10.9. The second kappa shape index (κ2) is 3.40. The van der Waals surface area contributed by atoms with Crippen molar-refractivity contribution >= 4 is 0 Å². The van der Waals surface area contributed by atoms with Crippen LogP contribution in [-0.4, -0.2) is 60.3 Å². The average Bonchev–Trinajstić information content (AvgIpc) is 2.14. The van der Waals surface area contributed by atoms with E-state index >= 15 is 0 Å². The molecule has 0 spiro atoms. The minimum atomic E-state index is -2.11. The third-order valence-corrected chi connectivity index (χ3v) is 4.55. The molecule has 1 aliphatic heterocycles. The van der Waals surface area contributed by atoms with E-state index in [2.05, 4.69) is 0 Å². The molecular formula is C11H22O6. The Hall–Kier alpha value is -0.240. The van der Waals surface area contributed by atoms with E-state index < -0.39 is 34.8 Å². The number of aliphatic hydroxyl groups is 5. The summed E-state index contributed by atoms with van der Waals surface area (Å²) in [5.74, 6) is -2.11. The molecule has 1 rings (SSSR count). The fraction of sp³-hybridized carbons (Fsp3) is 1.00. The van der Waals surface area contributed by atoms with Crippen LogP contribution in [0.2, 0.25) is 0 Å². The summed E-state index contributed by atoms with van der Waals surface area (Å²) in [4.78, 5) is 0. The van der Waals surface area contributed by atoms with Crippen LogP contribution in [0.4, 0.5) is 0 Å². The number of hydrogen-bond acceptors (Lipinski definition) is 6. The molecule has 0 bridgehead atoms. The summed E-state index contributed by atoms with van der Waals surface area (Å²) >= 11 is 0. The van der Waals surface area contributed by atoms with E-state index in [0.717, 1.165) is 0 Å². The second-order valence-corrected chi connectivity index (χ2v) is 5.69. The Bertz CT molecular complexity index is 320. The summed E-state index contributed by atoms with van der Waals surface area (Å²) in [5, 5.41) is 50.4. The van der Waals surface area contributed by atoms with Gasteiger partial charge < -0.3 is 30.3 Å². The van der Waals surface area contributed by atoms with E-state index in [-0.39, 0.29) is 0 Å². The highest BCUT2D eigenvalue weighted by molar-refractivity contribution is 5.21. The molecule has 0 aliphatic carbocycles. The lowest BCUT2D eigenvalue weighted by atomic mass is 9.61. The van der Waals surface area contributed by atoms with Gasteiger partial charge in [0.1, 0.15) is 22.4 Å². The Kier molecular flexibility index (Phi) is 2.97. The van der Waals surface area contributed by atoms with Crippen LogP contribution in [0.5, 0.6) is 0 Å². The molecule has 0 aromatic rings. The molecule has 0 radical (unpaired) electrons. The van der Waals surface area contributed by atoms with Gasteiger partial charge in [-0.3, -0.25) is 0 Å². The summed E-state index contributed by atoms with van der Waals surface area (Å²) < 4.78 is 5.22. The Labute approximate surface area is 100 Å². The van der Waals surface area contributed by atoms with Crippen molar-refractivity contribution in [3.63, 3.8) is 0 Å². The molecule has 17 heavy (non-hydrogen) atoms. The number of hydrogen-bond donors (Lipinski definition) is 5. The minimum absolute atomic E-state index is 0.623. The third-order valence-electron chi connectivity index (χ3n) is 4.55. The van der Waals surface area contributed by atoms with Crippen molar-refractivity contribution < 1.29 is 30.3 Å². The fourth-order valence-corrected chi connectivity index (χ4v) is 2.26. The first kappa shape index (κ1) is 14.8. The third kappa shape index (κ3) is 1.49. The summed E-state index contributed by atoms with van der Waals surface area (Å²) in [6, 6.07) is 0. The molecule has 102 valence electrons. The molecule has 0 amide bonds. The van der Waals surface area contributed by atoms with Gasteiger partial charge in [-0.05, 0) is 34.6 Å². The van der Waals surface area contributed by atoms with Crippen LogP contribution in [0.25, 0.3) is 0 Å². The Morgan fingerprint density at radius 2 is 1.18 bits per heavy atom. The van der Waals surface area contributed by atoms with Crippen LogP contribution in [-0.2, 0) is 4.74 Å². The monoisotopic (exact) mass is 250 g/mol. The van der Waals surface area contributed by atoms with Crippen molar-refractivity contribution in [3.8, 4) is 0 Å². The van der Waals surface area contributed by atoms with Gasteiger partial charge in [0, 0.05) is 0 Å². The SMILES string of the molecule is CC1(O)[C@@](C)(O)OC(C)(CO)[C@@](C)(O)[C@@]1(C)O. The fourth-order valence-electron chi connectivity index (χ4n) is 2.26. The molecule has 1 saturated heterocycles. The molecule has 5 atom stereocenters. The highest BCUT2D eigenvalue weighted by Gasteiger charge is 2.73. The maximum atomic E-state index is 10.4. The lowest BCUT2D eigenvalue weighted by molar-refractivity contribution is -0.449. The van der Waals surface area contributed by atoms with Crippen molar-refractivity contribution in [2.24, 2.45) is 0 Å². The predicted molar refractivity (Wildman–Crippen MR) is 59.1 cm³/mol. The van der Waals surface area contributed by atoms with Crippen LogP contribution >= 0.6 is 0 Å². The summed E-state index contributed by atoms with van der Waals surface area (Å²) in [7, 11) is 0. The average molecular weight is 250 g/mol. The van der Waals surface area contributed by atoms with E-state index in [0.29, 0.717) is 0 Å². The molecule has 1 fully saturated rings. The quantitative estimate of drug-likeness (QED) is 0.397. The maximum Gasteiger partial charge on any atom is 0.195 e. The Morgan fingerprint density at radius 3 is 1.53 bits per heavy atom. The first-order chi connectivity index (χ1) is 7.27. The molecule has 0 aromatic heterocycles. The zero-order valence-electron chi connectivity index (χ0n) is 10.9. The highest BCUT2D eigenvalue weighted by atomic mass is 16.7. The lowest BCUT2D eigenvalue weighted by Gasteiger charge is -2.63. The molecular weight excluding hydrogens is 228 g/mol. The molecule has 2 unspecified atom stereocenters. The van der Waals surface area contributed by atoms with Crippen LogP contribution in [0.15, 0.2) is 0 Å². The lowest BCUT2D eigenvalue weighted by Crippen LogP contribution is -2.84. The van der Waals surface area contributed by atoms with E-state index in [4.69, 9.17) is 4.74 Å². The van der Waals surface area contributed by atoms with Gasteiger partial charge in [-0.25, -0.2) is 0 Å². The van der Waals surface area contributed by atoms with Gasteiger partial charge in [-0.1, -0.05) is 0 Å². The van der Waals surface area contributed by atoms with Gasteiger partial charge in [-0.2, -0.15) is 0 Å². The van der Waals surface area contributed by atoms with E-state index in [1.165, 1.54) is 34.6 Å². The van der Waals surface area contributed by atoms with E-state index in [9.17, 15) is 25.5 Å². The number of aliphatic hydroxyl groups excluding tert-OH is 1. The Balaban J connectivity index is 3.46. The largest absolute Gasteiger partial charge is 0.393 e. The molecule has 0 aromatic carbocycles. The minimum Gasteiger partial charge on any atom is -0.393 e. The number of rotatable bonds is 1. The highest BCUT2D eigenvalue weighted by Crippen LogP contribution is 2.52. The molecule has 1 aliphatic rings. The van der Waals surface area contributed by atoms with Crippen LogP contribution in [0, 0.1) is 0 Å². The molecule has 6 heteroatoms. The van der Waals surface area contributed by atoms with Gasteiger partial charge in [0.15, 0.2) is 5.79 Å². The molecule has 6 nitrogen and oxygen atoms in total. The first-order valence-corrected chi connectivity index (χ1v) is 5.47. The smallest absolute Gasteiger partial charge is 0.195 e. The number of ether oxygens (including phenoxy) is 1. The van der Waals surface area contributed by atoms with Crippen molar-refractivity contribution in [2.45, 2.75) is 62.8 Å². The summed E-state index contributed by atoms with van der Waals surface area (Å²) in [6.07, 6.45) is 0. The summed E-state index contributed by atoms with van der Waals surface area (Å²) in [6.45, 7) is 5.50. The van der Waals surface area contributed by atoms with Crippen molar-refractivity contribution in [1.82, 2.24) is 0 Å². The zero-order chi connectivity index (χ0) is 13.9. The second-order valence-electron chi connectivity index (χ2n) is 5.69. The summed E-state index contributed by atoms with van der Waals surface area (Å²) in [5.41, 5.74) is -7.76. The van der Waals surface area contributed by atoms with Crippen LogP contribution in [0.1, 0.15) is 34.6 Å². The van der Waals surface area contributed by atoms with Gasteiger partial charge in [0.2, 0.25) is 0 Å². The standard InChI is InChI=1S/C11H22O6/c1-7(6-12)8(2,13)9(3,14)10(4,15)11(5,16)17-7/h12-16H,6H2,1-5H3/t7?,8-,9-,10?,11+/m1/s1.